The Labute approximate surface area is 135 Å². The molecule has 0 saturated heterocycles. The van der Waals surface area contributed by atoms with Crippen LogP contribution >= 0.6 is 0 Å². The summed E-state index contributed by atoms with van der Waals surface area (Å²) in [5, 5.41) is 3.32. The largest absolute Gasteiger partial charge is 0.449 e. The summed E-state index contributed by atoms with van der Waals surface area (Å²) in [5.41, 5.74) is 2.89. The van der Waals surface area contributed by atoms with E-state index in [0.717, 1.165) is 22.2 Å². The Morgan fingerprint density at radius 2 is 2.09 bits per heavy atom. The van der Waals surface area contributed by atoms with Gasteiger partial charge in [0, 0.05) is 17.6 Å². The standard InChI is InChI=1S/C18H20N2O3/c1-5-8-19-17(21)13(4)23-18(22)15-10-12(3)20-16-7-6-11(2)9-14(15)16/h5-7,9-10,13H,1,8H2,2-4H3,(H,19,21). The third-order valence-corrected chi connectivity index (χ3v) is 3.39. The number of hydrogen-bond donors (Lipinski definition) is 1. The maximum Gasteiger partial charge on any atom is 0.339 e. The number of ether oxygens (including phenoxy) is 1. The van der Waals surface area contributed by atoms with Crippen LogP contribution in [0.25, 0.3) is 10.9 Å². The van der Waals surface area contributed by atoms with Crippen LogP contribution in [0.4, 0.5) is 0 Å². The fraction of sp³-hybridized carbons (Fsp3) is 0.278. The van der Waals surface area contributed by atoms with E-state index in [2.05, 4.69) is 16.9 Å². The zero-order valence-electron chi connectivity index (χ0n) is 13.6. The van der Waals surface area contributed by atoms with Crippen molar-refractivity contribution >= 4 is 22.8 Å². The number of carbonyl (C=O) groups excluding carboxylic acids is 2. The highest BCUT2D eigenvalue weighted by Gasteiger charge is 2.20. The lowest BCUT2D eigenvalue weighted by molar-refractivity contribution is -0.128. The lowest BCUT2D eigenvalue weighted by Gasteiger charge is -2.14. The Bertz CT molecular complexity index is 768. The summed E-state index contributed by atoms with van der Waals surface area (Å²) in [7, 11) is 0. The number of aryl methyl sites for hydroxylation is 2. The number of amides is 1. The van der Waals surface area contributed by atoms with Gasteiger partial charge in [0.25, 0.3) is 5.91 Å². The van der Waals surface area contributed by atoms with Crippen molar-refractivity contribution in [2.45, 2.75) is 26.9 Å². The molecule has 1 atom stereocenters. The Hall–Kier alpha value is -2.69. The molecule has 0 radical (unpaired) electrons. The highest BCUT2D eigenvalue weighted by molar-refractivity contribution is 6.04. The van der Waals surface area contributed by atoms with E-state index >= 15 is 0 Å². The number of esters is 1. The van der Waals surface area contributed by atoms with E-state index in [0.29, 0.717) is 12.1 Å². The molecule has 0 saturated carbocycles. The van der Waals surface area contributed by atoms with E-state index in [-0.39, 0.29) is 5.91 Å². The van der Waals surface area contributed by atoms with E-state index in [4.69, 9.17) is 4.74 Å². The minimum absolute atomic E-state index is 0.331. The minimum Gasteiger partial charge on any atom is -0.449 e. The number of aromatic nitrogens is 1. The molecule has 2 aromatic rings. The van der Waals surface area contributed by atoms with E-state index in [1.165, 1.54) is 6.92 Å². The van der Waals surface area contributed by atoms with Crippen molar-refractivity contribution < 1.29 is 14.3 Å². The molecule has 5 nitrogen and oxygen atoms in total. The van der Waals surface area contributed by atoms with Gasteiger partial charge in [0.1, 0.15) is 0 Å². The van der Waals surface area contributed by atoms with Crippen LogP contribution in [0, 0.1) is 13.8 Å². The molecule has 1 aromatic carbocycles. The van der Waals surface area contributed by atoms with Crippen molar-refractivity contribution in [3.8, 4) is 0 Å². The molecular weight excluding hydrogens is 292 g/mol. The molecule has 0 aliphatic carbocycles. The zero-order chi connectivity index (χ0) is 17.0. The highest BCUT2D eigenvalue weighted by Crippen LogP contribution is 2.21. The van der Waals surface area contributed by atoms with E-state index < -0.39 is 12.1 Å². The van der Waals surface area contributed by atoms with Crippen LogP contribution in [0.3, 0.4) is 0 Å². The van der Waals surface area contributed by atoms with Crippen molar-refractivity contribution in [3.05, 3.63) is 53.7 Å². The summed E-state index contributed by atoms with van der Waals surface area (Å²) >= 11 is 0. The van der Waals surface area contributed by atoms with Crippen molar-refractivity contribution in [2.24, 2.45) is 0 Å². The number of nitrogens with one attached hydrogen (secondary N) is 1. The molecule has 2 rings (SSSR count). The average molecular weight is 312 g/mol. The highest BCUT2D eigenvalue weighted by atomic mass is 16.5. The molecule has 0 spiro atoms. The second kappa shape index (κ2) is 7.05. The summed E-state index contributed by atoms with van der Waals surface area (Å²) < 4.78 is 5.29. The first-order chi connectivity index (χ1) is 10.9. The molecule has 1 unspecified atom stereocenters. The van der Waals surface area contributed by atoms with Gasteiger partial charge in [0.2, 0.25) is 0 Å². The van der Waals surface area contributed by atoms with E-state index in [9.17, 15) is 9.59 Å². The smallest absolute Gasteiger partial charge is 0.339 e. The first-order valence-corrected chi connectivity index (χ1v) is 7.40. The molecule has 1 N–H and O–H groups in total. The molecule has 0 aliphatic rings. The number of hydrogen-bond acceptors (Lipinski definition) is 4. The number of benzene rings is 1. The van der Waals surface area contributed by atoms with Crippen molar-refractivity contribution in [2.75, 3.05) is 6.54 Å². The topological polar surface area (TPSA) is 68.3 Å². The molecule has 1 amide bonds. The zero-order valence-corrected chi connectivity index (χ0v) is 13.6. The predicted octanol–water partition coefficient (Wildman–Crippen LogP) is 2.70. The van der Waals surface area contributed by atoms with Gasteiger partial charge in [-0.05, 0) is 39.0 Å². The maximum atomic E-state index is 12.5. The average Bonchev–Trinajstić information content (AvgIpc) is 2.51. The monoisotopic (exact) mass is 312 g/mol. The lowest BCUT2D eigenvalue weighted by atomic mass is 10.1. The minimum atomic E-state index is -0.879. The van der Waals surface area contributed by atoms with Crippen LogP contribution in [-0.4, -0.2) is 29.5 Å². The van der Waals surface area contributed by atoms with Crippen LogP contribution in [0.15, 0.2) is 36.9 Å². The molecule has 5 heteroatoms. The molecule has 23 heavy (non-hydrogen) atoms. The molecule has 1 heterocycles. The van der Waals surface area contributed by atoms with Crippen LogP contribution in [0.5, 0.6) is 0 Å². The Kier molecular flexibility index (Phi) is 5.11. The van der Waals surface area contributed by atoms with Gasteiger partial charge in [-0.3, -0.25) is 9.78 Å². The number of pyridine rings is 1. The molecule has 1 aromatic heterocycles. The number of fused-ring (bicyclic) bond motifs is 1. The first kappa shape index (κ1) is 16.7. The fourth-order valence-electron chi connectivity index (χ4n) is 2.23. The number of rotatable bonds is 5. The third kappa shape index (κ3) is 3.94. The Morgan fingerprint density at radius 3 is 2.78 bits per heavy atom. The summed E-state index contributed by atoms with van der Waals surface area (Å²) in [5.74, 6) is -0.892. The summed E-state index contributed by atoms with van der Waals surface area (Å²) in [6, 6.07) is 7.38. The summed E-state index contributed by atoms with van der Waals surface area (Å²) in [6.07, 6.45) is 0.686. The Balaban J connectivity index is 2.28. The molecule has 0 bridgehead atoms. The van der Waals surface area contributed by atoms with E-state index in [1.807, 2.05) is 32.0 Å². The Morgan fingerprint density at radius 1 is 1.35 bits per heavy atom. The van der Waals surface area contributed by atoms with Crippen molar-refractivity contribution in [3.63, 3.8) is 0 Å². The number of carbonyl (C=O) groups is 2. The maximum absolute atomic E-state index is 12.5. The van der Waals surface area contributed by atoms with Gasteiger partial charge in [-0.2, -0.15) is 0 Å². The first-order valence-electron chi connectivity index (χ1n) is 7.40. The molecule has 0 fully saturated rings. The fourth-order valence-corrected chi connectivity index (χ4v) is 2.23. The normalized spacial score (nSPS) is 11.8. The predicted molar refractivity (Wildman–Crippen MR) is 89.3 cm³/mol. The SMILES string of the molecule is C=CCNC(=O)C(C)OC(=O)c1cc(C)nc2ccc(C)cc12. The number of nitrogens with zero attached hydrogens (tertiary/aromatic N) is 1. The van der Waals surface area contributed by atoms with Gasteiger partial charge in [0.05, 0.1) is 11.1 Å². The second-order valence-corrected chi connectivity index (χ2v) is 5.41. The van der Waals surface area contributed by atoms with Gasteiger partial charge in [-0.25, -0.2) is 4.79 Å². The molecular formula is C18H20N2O3. The van der Waals surface area contributed by atoms with Crippen molar-refractivity contribution in [1.82, 2.24) is 10.3 Å². The van der Waals surface area contributed by atoms with Gasteiger partial charge in [0.15, 0.2) is 6.10 Å². The van der Waals surface area contributed by atoms with Crippen molar-refractivity contribution in [1.29, 1.82) is 0 Å². The van der Waals surface area contributed by atoms with E-state index in [1.54, 1.807) is 12.1 Å². The quantitative estimate of drug-likeness (QED) is 0.681. The van der Waals surface area contributed by atoms with Crippen LogP contribution in [0.1, 0.15) is 28.5 Å². The van der Waals surface area contributed by atoms with Gasteiger partial charge in [-0.1, -0.05) is 17.7 Å². The molecule has 120 valence electrons. The second-order valence-electron chi connectivity index (χ2n) is 5.41. The van der Waals surface area contributed by atoms with Crippen LogP contribution < -0.4 is 5.32 Å². The third-order valence-electron chi connectivity index (χ3n) is 3.39. The van der Waals surface area contributed by atoms with Gasteiger partial charge in [-0.15, -0.1) is 6.58 Å². The summed E-state index contributed by atoms with van der Waals surface area (Å²) in [4.78, 5) is 28.7. The summed E-state index contributed by atoms with van der Waals surface area (Å²) in [6.45, 7) is 9.15. The van der Waals surface area contributed by atoms with Gasteiger partial charge < -0.3 is 10.1 Å². The van der Waals surface area contributed by atoms with Crippen LogP contribution in [0.2, 0.25) is 0 Å². The van der Waals surface area contributed by atoms with Gasteiger partial charge >= 0.3 is 5.97 Å². The van der Waals surface area contributed by atoms with Crippen LogP contribution in [-0.2, 0) is 9.53 Å². The lowest BCUT2D eigenvalue weighted by Crippen LogP contribution is -2.35. The molecule has 0 aliphatic heterocycles.